The van der Waals surface area contributed by atoms with Crippen LogP contribution in [0.4, 0.5) is 0 Å². The summed E-state index contributed by atoms with van der Waals surface area (Å²) < 4.78 is 22.4. The third-order valence-corrected chi connectivity index (χ3v) is 5.22. The monoisotopic (exact) mass is 234 g/mol. The highest BCUT2D eigenvalue weighted by Gasteiger charge is 2.45. The first-order chi connectivity index (χ1) is 7.26. The third kappa shape index (κ3) is 4.61. The Bertz CT molecular complexity index is 167. The lowest BCUT2D eigenvalue weighted by molar-refractivity contribution is 0.0309. The lowest BCUT2D eigenvalue weighted by Gasteiger charge is -2.28. The summed E-state index contributed by atoms with van der Waals surface area (Å²) in [6, 6.07) is 0.894. The minimum absolute atomic E-state index is 0.0772. The molecule has 1 atom stereocenters. The zero-order valence-electron chi connectivity index (χ0n) is 9.95. The molecule has 1 fully saturated rings. The van der Waals surface area contributed by atoms with Gasteiger partial charge in [0.05, 0.1) is 0 Å². The molecule has 1 aliphatic rings. The first-order valence-corrected chi connectivity index (χ1v) is 7.76. The highest BCUT2D eigenvalue weighted by atomic mass is 28.4. The van der Waals surface area contributed by atoms with Crippen molar-refractivity contribution in [3.8, 4) is 0 Å². The molecular formula is C10H22O4Si. The lowest BCUT2D eigenvalue weighted by Crippen LogP contribution is -2.46. The molecule has 1 rings (SSSR count). The Morgan fingerprint density at radius 3 is 2.20 bits per heavy atom. The van der Waals surface area contributed by atoms with Crippen LogP contribution in [-0.4, -0.2) is 34.9 Å². The SMILES string of the molecule is CCCC[Si](OCC)(OCC)OC1CO1. The van der Waals surface area contributed by atoms with Crippen LogP contribution < -0.4 is 0 Å². The normalized spacial score (nSPS) is 20.6. The molecule has 0 bridgehead atoms. The molecule has 0 N–H and O–H groups in total. The van der Waals surface area contributed by atoms with E-state index in [1.807, 2.05) is 13.8 Å². The molecule has 1 aliphatic heterocycles. The van der Waals surface area contributed by atoms with Gasteiger partial charge in [-0.1, -0.05) is 13.3 Å². The van der Waals surface area contributed by atoms with Crippen LogP contribution in [0, 0.1) is 0 Å². The molecule has 0 spiro atoms. The Labute approximate surface area is 93.2 Å². The minimum Gasteiger partial charge on any atom is -0.374 e. The topological polar surface area (TPSA) is 40.2 Å². The largest absolute Gasteiger partial charge is 0.502 e. The second kappa shape index (κ2) is 6.60. The molecule has 1 saturated heterocycles. The first kappa shape index (κ1) is 13.1. The van der Waals surface area contributed by atoms with Crippen molar-refractivity contribution in [1.82, 2.24) is 0 Å². The Morgan fingerprint density at radius 2 is 1.80 bits per heavy atom. The molecule has 4 nitrogen and oxygen atoms in total. The number of epoxide rings is 1. The van der Waals surface area contributed by atoms with E-state index in [1.54, 1.807) is 0 Å². The molecule has 0 radical (unpaired) electrons. The highest BCUT2D eigenvalue weighted by Crippen LogP contribution is 2.25. The zero-order valence-corrected chi connectivity index (χ0v) is 11.0. The number of hydrogen-bond donors (Lipinski definition) is 0. The van der Waals surface area contributed by atoms with E-state index >= 15 is 0 Å². The number of unbranched alkanes of at least 4 members (excludes halogenated alkanes) is 1. The lowest BCUT2D eigenvalue weighted by atomic mass is 10.4. The molecule has 5 heteroatoms. The number of hydrogen-bond acceptors (Lipinski definition) is 4. The molecule has 1 unspecified atom stereocenters. The van der Waals surface area contributed by atoms with Crippen LogP contribution in [0.3, 0.4) is 0 Å². The average Bonchev–Trinajstić information content (AvgIpc) is 2.99. The van der Waals surface area contributed by atoms with Crippen LogP contribution in [0.2, 0.25) is 6.04 Å². The van der Waals surface area contributed by atoms with Crippen molar-refractivity contribution < 1.29 is 18.0 Å². The van der Waals surface area contributed by atoms with Crippen molar-refractivity contribution in [3.63, 3.8) is 0 Å². The third-order valence-electron chi connectivity index (χ3n) is 2.18. The predicted octanol–water partition coefficient (Wildman–Crippen LogP) is 2.17. The van der Waals surface area contributed by atoms with Crippen LogP contribution in [0.25, 0.3) is 0 Å². The standard InChI is InChI=1S/C10H22O4Si/c1-4-7-8-15(12-5-2,13-6-3)14-10-9-11-10/h10H,4-9H2,1-3H3. The molecule has 0 aromatic rings. The van der Waals surface area contributed by atoms with Crippen molar-refractivity contribution in [3.05, 3.63) is 0 Å². The van der Waals surface area contributed by atoms with E-state index in [9.17, 15) is 0 Å². The van der Waals surface area contributed by atoms with Gasteiger partial charge in [-0.15, -0.1) is 0 Å². The number of rotatable bonds is 9. The molecule has 0 aromatic heterocycles. The first-order valence-electron chi connectivity index (χ1n) is 5.83. The van der Waals surface area contributed by atoms with Crippen LogP contribution >= 0.6 is 0 Å². The van der Waals surface area contributed by atoms with Gasteiger partial charge in [-0.2, -0.15) is 0 Å². The zero-order chi connectivity index (χ0) is 11.1. The van der Waals surface area contributed by atoms with Gasteiger partial charge in [-0.25, -0.2) is 0 Å². The smallest absolute Gasteiger partial charge is 0.374 e. The molecule has 90 valence electrons. The second-order valence-corrected chi connectivity index (χ2v) is 6.21. The van der Waals surface area contributed by atoms with E-state index in [0.717, 1.165) is 18.9 Å². The summed E-state index contributed by atoms with van der Waals surface area (Å²) in [5.41, 5.74) is 0. The maximum Gasteiger partial charge on any atom is 0.502 e. The van der Waals surface area contributed by atoms with Gasteiger partial charge in [0.25, 0.3) is 0 Å². The maximum atomic E-state index is 5.80. The van der Waals surface area contributed by atoms with Crippen molar-refractivity contribution in [2.75, 3.05) is 19.8 Å². The second-order valence-electron chi connectivity index (χ2n) is 3.53. The van der Waals surface area contributed by atoms with E-state index in [-0.39, 0.29) is 6.29 Å². The Hall–Kier alpha value is 0.0569. The van der Waals surface area contributed by atoms with Crippen LogP contribution in [-0.2, 0) is 18.0 Å². The van der Waals surface area contributed by atoms with Gasteiger partial charge in [0.1, 0.15) is 6.61 Å². The minimum atomic E-state index is -2.44. The predicted molar refractivity (Wildman–Crippen MR) is 59.5 cm³/mol. The molecule has 15 heavy (non-hydrogen) atoms. The summed E-state index contributed by atoms with van der Waals surface area (Å²) in [6.45, 7) is 8.07. The molecule has 1 heterocycles. The van der Waals surface area contributed by atoms with Crippen molar-refractivity contribution in [2.24, 2.45) is 0 Å². The highest BCUT2D eigenvalue weighted by molar-refractivity contribution is 6.60. The fourth-order valence-corrected chi connectivity index (χ4v) is 4.28. The summed E-state index contributed by atoms with van der Waals surface area (Å²) in [5.74, 6) is 0. The van der Waals surface area contributed by atoms with Crippen LogP contribution in [0.15, 0.2) is 0 Å². The summed E-state index contributed by atoms with van der Waals surface area (Å²) >= 11 is 0. The fourth-order valence-electron chi connectivity index (χ4n) is 1.45. The molecular weight excluding hydrogens is 212 g/mol. The van der Waals surface area contributed by atoms with Gasteiger partial charge in [-0.05, 0) is 20.3 Å². The maximum absolute atomic E-state index is 5.80. The summed E-state index contributed by atoms with van der Waals surface area (Å²) in [7, 11) is -2.44. The van der Waals surface area contributed by atoms with Gasteiger partial charge < -0.3 is 18.0 Å². The van der Waals surface area contributed by atoms with E-state index in [4.69, 9.17) is 18.0 Å². The number of ether oxygens (including phenoxy) is 1. The molecule has 0 saturated carbocycles. The van der Waals surface area contributed by atoms with Gasteiger partial charge in [0.15, 0.2) is 6.29 Å². The molecule has 0 amide bonds. The Kier molecular flexibility index (Phi) is 5.77. The van der Waals surface area contributed by atoms with Crippen molar-refractivity contribution in [1.29, 1.82) is 0 Å². The van der Waals surface area contributed by atoms with Crippen LogP contribution in [0.5, 0.6) is 0 Å². The van der Waals surface area contributed by atoms with Gasteiger partial charge in [0, 0.05) is 19.3 Å². The van der Waals surface area contributed by atoms with Crippen molar-refractivity contribution >= 4 is 8.80 Å². The summed E-state index contributed by atoms with van der Waals surface area (Å²) in [6.07, 6.45) is 2.13. The average molecular weight is 234 g/mol. The molecule has 0 aromatic carbocycles. The van der Waals surface area contributed by atoms with E-state index in [0.29, 0.717) is 19.8 Å². The van der Waals surface area contributed by atoms with E-state index in [2.05, 4.69) is 6.92 Å². The van der Waals surface area contributed by atoms with Gasteiger partial charge >= 0.3 is 8.80 Å². The Morgan fingerprint density at radius 1 is 1.20 bits per heavy atom. The summed E-state index contributed by atoms with van der Waals surface area (Å²) in [4.78, 5) is 0. The summed E-state index contributed by atoms with van der Waals surface area (Å²) in [5, 5.41) is 0. The van der Waals surface area contributed by atoms with Gasteiger partial charge in [0.2, 0.25) is 0 Å². The quantitative estimate of drug-likeness (QED) is 0.453. The van der Waals surface area contributed by atoms with Gasteiger partial charge in [-0.3, -0.25) is 0 Å². The van der Waals surface area contributed by atoms with E-state index in [1.165, 1.54) is 0 Å². The molecule has 0 aliphatic carbocycles. The Balaban J connectivity index is 2.49. The van der Waals surface area contributed by atoms with E-state index < -0.39 is 8.80 Å². The van der Waals surface area contributed by atoms with Crippen molar-refractivity contribution in [2.45, 2.75) is 45.9 Å². The fraction of sp³-hybridized carbons (Fsp3) is 1.00. The van der Waals surface area contributed by atoms with Crippen LogP contribution in [0.1, 0.15) is 33.6 Å².